The SMILES string of the molecule is [3H]OCCS(=O)(=O)c1ccc(Cl)cn1. The molecule has 0 radical (unpaired) electrons. The van der Waals surface area contributed by atoms with Crippen LogP contribution in [0.5, 0.6) is 0 Å². The zero-order chi connectivity index (χ0) is 10.6. The summed E-state index contributed by atoms with van der Waals surface area (Å²) in [6.45, 7) is -0.174. The number of nitrogens with zero attached hydrogens (tertiary/aromatic N) is 1. The number of pyridine rings is 1. The fourth-order valence-corrected chi connectivity index (χ4v) is 1.79. The molecule has 1 aromatic heterocycles. The van der Waals surface area contributed by atoms with Gasteiger partial charge in [-0.1, -0.05) is 11.6 Å². The number of hydrogen-bond donors (Lipinski definition) is 1. The van der Waals surface area contributed by atoms with Crippen LogP contribution in [0.15, 0.2) is 23.4 Å². The molecule has 0 amide bonds. The zero-order valence-electron chi connectivity index (χ0n) is 7.60. The number of hydrogen-bond acceptors (Lipinski definition) is 4. The number of aliphatic hydroxyl groups is 1. The Labute approximate surface area is 82.6 Å². The van der Waals surface area contributed by atoms with Gasteiger partial charge in [0.1, 0.15) is 0 Å². The van der Waals surface area contributed by atoms with Gasteiger partial charge in [-0.3, -0.25) is 0 Å². The quantitative estimate of drug-likeness (QED) is 0.807. The lowest BCUT2D eigenvalue weighted by molar-refractivity contribution is 0.319. The Hall–Kier alpha value is -0.650. The third kappa shape index (κ3) is 2.65. The molecule has 0 aliphatic heterocycles. The summed E-state index contributed by atoms with van der Waals surface area (Å²) in [5, 5.41) is 4.26. The molecule has 1 aromatic rings. The van der Waals surface area contributed by atoms with E-state index in [2.05, 4.69) is 10.1 Å². The molecule has 4 nitrogen and oxygen atoms in total. The van der Waals surface area contributed by atoms with E-state index in [0.29, 0.717) is 5.02 Å². The summed E-state index contributed by atoms with van der Waals surface area (Å²) < 4.78 is 29.2. The lowest BCUT2D eigenvalue weighted by Gasteiger charge is -2.00. The second-order valence-corrected chi connectivity index (χ2v) is 4.83. The molecule has 0 aromatic carbocycles. The van der Waals surface area contributed by atoms with Gasteiger partial charge in [-0.2, -0.15) is 0 Å². The molecule has 0 fully saturated rings. The van der Waals surface area contributed by atoms with Crippen LogP contribution in [0.4, 0.5) is 0 Å². The Bertz CT molecular complexity index is 392. The van der Waals surface area contributed by atoms with Gasteiger partial charge in [0.25, 0.3) is 0 Å². The molecule has 0 unspecified atom stereocenters. The predicted octanol–water partition coefficient (Wildman–Crippen LogP) is 0.501. The Morgan fingerprint density at radius 2 is 2.38 bits per heavy atom. The maximum Gasteiger partial charge on any atom is 0.210 e. The van der Waals surface area contributed by atoms with Crippen molar-refractivity contribution in [2.45, 2.75) is 5.03 Å². The average molecular weight is 224 g/mol. The number of halogens is 1. The molecule has 1 N–H and O–H groups in total. The fraction of sp³-hybridized carbons (Fsp3) is 0.286. The van der Waals surface area contributed by atoms with Crippen molar-refractivity contribution in [3.63, 3.8) is 0 Å². The van der Waals surface area contributed by atoms with Crippen LogP contribution in [-0.4, -0.2) is 32.3 Å². The topological polar surface area (TPSA) is 67.3 Å². The standard InChI is InChI=1S/C7H8ClNO3S/c8-6-1-2-7(9-5-6)13(11,12)4-3-10/h1-2,5,10H,3-4H2/i10T. The maximum absolute atomic E-state index is 11.4. The molecule has 72 valence electrons. The van der Waals surface area contributed by atoms with E-state index in [0.717, 1.165) is 0 Å². The molecule has 0 atom stereocenters. The molecule has 0 saturated carbocycles. The van der Waals surface area contributed by atoms with Crippen molar-refractivity contribution in [2.24, 2.45) is 0 Å². The van der Waals surface area contributed by atoms with Crippen LogP contribution in [0.2, 0.25) is 5.02 Å². The predicted molar refractivity (Wildman–Crippen MR) is 48.4 cm³/mol. The van der Waals surface area contributed by atoms with Crippen molar-refractivity contribution in [1.82, 2.24) is 4.98 Å². The van der Waals surface area contributed by atoms with Crippen LogP contribution >= 0.6 is 11.6 Å². The summed E-state index contributed by atoms with van der Waals surface area (Å²) in [6.07, 6.45) is 1.26. The second kappa shape index (κ2) is 4.04. The van der Waals surface area contributed by atoms with Gasteiger partial charge in [0.2, 0.25) is 1.43 Å². The third-order valence-electron chi connectivity index (χ3n) is 1.37. The molecule has 0 aliphatic carbocycles. The van der Waals surface area contributed by atoms with E-state index in [1.807, 2.05) is 0 Å². The number of aliphatic hydroxyl groups excluding tert-OH is 1. The number of rotatable bonds is 4. The van der Waals surface area contributed by atoms with Crippen LogP contribution in [0.1, 0.15) is 0 Å². The lowest BCUT2D eigenvalue weighted by atomic mass is 10.5. The summed E-state index contributed by atoms with van der Waals surface area (Å²) in [5.41, 5.74) is 0. The molecule has 0 spiro atoms. The van der Waals surface area contributed by atoms with Crippen molar-refractivity contribution >= 4 is 21.4 Å². The van der Waals surface area contributed by atoms with Crippen LogP contribution < -0.4 is 0 Å². The fourth-order valence-electron chi connectivity index (χ4n) is 0.760. The van der Waals surface area contributed by atoms with Gasteiger partial charge in [0, 0.05) is 6.20 Å². The van der Waals surface area contributed by atoms with Crippen molar-refractivity contribution < 1.29 is 13.5 Å². The summed E-state index contributed by atoms with van der Waals surface area (Å²) in [6, 6.07) is 2.77. The first-order valence-electron chi connectivity index (χ1n) is 3.89. The Balaban J connectivity index is 2.87. The van der Waals surface area contributed by atoms with Crippen LogP contribution in [-0.2, 0) is 9.84 Å². The van der Waals surface area contributed by atoms with Crippen LogP contribution in [0.3, 0.4) is 0 Å². The van der Waals surface area contributed by atoms with Crippen molar-refractivity contribution in [3.05, 3.63) is 23.4 Å². The second-order valence-electron chi connectivity index (χ2n) is 2.34. The third-order valence-corrected chi connectivity index (χ3v) is 3.18. The van der Waals surface area contributed by atoms with E-state index >= 15 is 0 Å². The molecule has 1 heterocycles. The minimum atomic E-state index is -3.45. The molecule has 6 heteroatoms. The van der Waals surface area contributed by atoms with Gasteiger partial charge in [-0.15, -0.1) is 0 Å². The molecular weight excluding hydrogens is 214 g/mol. The van der Waals surface area contributed by atoms with E-state index in [1.54, 1.807) is 0 Å². The summed E-state index contributed by atoms with van der Waals surface area (Å²) in [5.74, 6) is -0.259. The molecule has 0 bridgehead atoms. The van der Waals surface area contributed by atoms with Gasteiger partial charge in [-0.05, 0) is 12.1 Å². The number of sulfone groups is 1. The first kappa shape index (κ1) is 8.93. The highest BCUT2D eigenvalue weighted by Crippen LogP contribution is 2.11. The molecule has 13 heavy (non-hydrogen) atoms. The van der Waals surface area contributed by atoms with Gasteiger partial charge in [-0.25, -0.2) is 13.4 Å². The van der Waals surface area contributed by atoms with E-state index in [4.69, 9.17) is 13.0 Å². The monoisotopic (exact) mass is 223 g/mol. The normalized spacial score (nSPS) is 12.5. The van der Waals surface area contributed by atoms with E-state index in [1.165, 1.54) is 18.3 Å². The van der Waals surface area contributed by atoms with Crippen molar-refractivity contribution in [2.75, 3.05) is 12.4 Å². The Morgan fingerprint density at radius 3 is 2.92 bits per heavy atom. The van der Waals surface area contributed by atoms with E-state index in [-0.39, 0.29) is 17.4 Å². The van der Waals surface area contributed by atoms with Gasteiger partial charge in [0.05, 0.1) is 17.4 Å². The van der Waals surface area contributed by atoms with Crippen LogP contribution in [0, 0.1) is 0 Å². The highest BCUT2D eigenvalue weighted by molar-refractivity contribution is 7.91. The van der Waals surface area contributed by atoms with Crippen LogP contribution in [0.25, 0.3) is 0 Å². The maximum atomic E-state index is 11.4. The van der Waals surface area contributed by atoms with Crippen molar-refractivity contribution in [1.29, 1.82) is 1.43 Å². The minimum absolute atomic E-state index is 0.0565. The number of aromatic nitrogens is 1. The Kier molecular flexibility index (Phi) is 2.77. The molecular formula is C7H8ClNO3S. The molecule has 0 saturated heterocycles. The highest BCUT2D eigenvalue weighted by atomic mass is 35.5. The van der Waals surface area contributed by atoms with Gasteiger partial charge >= 0.3 is 0 Å². The zero-order valence-corrected chi connectivity index (χ0v) is 8.18. The van der Waals surface area contributed by atoms with Gasteiger partial charge < -0.3 is 5.11 Å². The van der Waals surface area contributed by atoms with E-state index < -0.39 is 9.84 Å². The van der Waals surface area contributed by atoms with Gasteiger partial charge in [0.15, 0.2) is 14.9 Å². The highest BCUT2D eigenvalue weighted by Gasteiger charge is 2.14. The lowest BCUT2D eigenvalue weighted by Crippen LogP contribution is -2.11. The summed E-state index contributed by atoms with van der Waals surface area (Å²) in [7, 11) is -3.45. The summed E-state index contributed by atoms with van der Waals surface area (Å²) in [4.78, 5) is 3.67. The first-order chi connectivity index (χ1) is 6.56. The first-order valence-corrected chi connectivity index (χ1v) is 5.52. The summed E-state index contributed by atoms with van der Waals surface area (Å²) >= 11 is 5.55. The molecule has 1 rings (SSSR count). The average Bonchev–Trinajstić information content (AvgIpc) is 2.16. The van der Waals surface area contributed by atoms with Crippen molar-refractivity contribution in [3.8, 4) is 0 Å². The Morgan fingerprint density at radius 1 is 1.62 bits per heavy atom. The largest absolute Gasteiger partial charge is 0.395 e. The molecule has 0 aliphatic rings. The smallest absolute Gasteiger partial charge is 0.210 e. The van der Waals surface area contributed by atoms with E-state index in [9.17, 15) is 8.42 Å². The minimum Gasteiger partial charge on any atom is -0.395 e.